The van der Waals surface area contributed by atoms with Gasteiger partial charge in [0.05, 0.1) is 23.7 Å². The Morgan fingerprint density at radius 3 is 2.63 bits per heavy atom. The highest BCUT2D eigenvalue weighted by atomic mass is 35.5. The van der Waals surface area contributed by atoms with E-state index >= 15 is 0 Å². The van der Waals surface area contributed by atoms with Gasteiger partial charge in [0.2, 0.25) is 0 Å². The molecule has 0 amide bonds. The van der Waals surface area contributed by atoms with E-state index in [4.69, 9.17) is 28.5 Å². The number of halogens is 2. The standard InChI is InChI=1S/C13H10Cl2N2OS/c14-5-12(18)10(6-16)13-17-11(7-19-13)8-1-3-9(15)4-2-8/h1-4,7,10,12,18H,5H2/t10-,12+/m1/s1. The van der Waals surface area contributed by atoms with Crippen LogP contribution in [0.5, 0.6) is 0 Å². The zero-order chi connectivity index (χ0) is 13.8. The summed E-state index contributed by atoms with van der Waals surface area (Å²) in [4.78, 5) is 4.38. The second-order valence-corrected chi connectivity index (χ2v) is 5.54. The van der Waals surface area contributed by atoms with Crippen LogP contribution in [0, 0.1) is 11.3 Å². The number of aliphatic hydroxyl groups is 1. The topological polar surface area (TPSA) is 56.9 Å². The van der Waals surface area contributed by atoms with Crippen molar-refractivity contribution in [1.82, 2.24) is 4.98 Å². The van der Waals surface area contributed by atoms with Crippen molar-refractivity contribution in [3.8, 4) is 17.3 Å². The van der Waals surface area contributed by atoms with Crippen molar-refractivity contribution in [2.75, 3.05) is 5.88 Å². The molecule has 0 bridgehead atoms. The number of alkyl halides is 1. The largest absolute Gasteiger partial charge is 0.390 e. The summed E-state index contributed by atoms with van der Waals surface area (Å²) in [5, 5.41) is 21.8. The molecule has 3 nitrogen and oxygen atoms in total. The molecule has 0 aliphatic rings. The third-order valence-electron chi connectivity index (χ3n) is 2.61. The fraction of sp³-hybridized carbons (Fsp3) is 0.231. The van der Waals surface area contributed by atoms with Gasteiger partial charge in [-0.05, 0) is 12.1 Å². The van der Waals surface area contributed by atoms with Crippen LogP contribution in [0.4, 0.5) is 0 Å². The third-order valence-corrected chi connectivity index (χ3v) is 4.11. The summed E-state index contributed by atoms with van der Waals surface area (Å²) in [5.74, 6) is -0.683. The summed E-state index contributed by atoms with van der Waals surface area (Å²) in [5.41, 5.74) is 1.68. The minimum atomic E-state index is -0.907. The highest BCUT2D eigenvalue weighted by molar-refractivity contribution is 7.10. The van der Waals surface area contributed by atoms with Crippen LogP contribution in [-0.2, 0) is 0 Å². The molecule has 1 N–H and O–H groups in total. The second-order valence-electron chi connectivity index (χ2n) is 3.91. The fourth-order valence-electron chi connectivity index (χ4n) is 1.58. The average Bonchev–Trinajstić information content (AvgIpc) is 2.89. The van der Waals surface area contributed by atoms with Crippen molar-refractivity contribution >= 4 is 34.5 Å². The summed E-state index contributed by atoms with van der Waals surface area (Å²) in [7, 11) is 0. The lowest BCUT2D eigenvalue weighted by Gasteiger charge is -2.10. The van der Waals surface area contributed by atoms with E-state index in [0.717, 1.165) is 11.3 Å². The van der Waals surface area contributed by atoms with E-state index in [9.17, 15) is 5.11 Å². The number of benzene rings is 1. The van der Waals surface area contributed by atoms with Gasteiger partial charge in [-0.1, -0.05) is 23.7 Å². The van der Waals surface area contributed by atoms with Gasteiger partial charge >= 0.3 is 0 Å². The van der Waals surface area contributed by atoms with Crippen LogP contribution < -0.4 is 0 Å². The maximum atomic E-state index is 9.68. The van der Waals surface area contributed by atoms with Gasteiger partial charge in [0, 0.05) is 16.0 Å². The molecule has 0 aliphatic heterocycles. The molecular formula is C13H10Cl2N2OS. The molecule has 0 aliphatic carbocycles. The first-order valence-corrected chi connectivity index (χ1v) is 7.30. The molecule has 0 spiro atoms. The smallest absolute Gasteiger partial charge is 0.125 e. The van der Waals surface area contributed by atoms with Gasteiger partial charge in [-0.2, -0.15) is 5.26 Å². The minimum absolute atomic E-state index is 0.00802. The number of hydrogen-bond acceptors (Lipinski definition) is 4. The first kappa shape index (κ1) is 14.3. The minimum Gasteiger partial charge on any atom is -0.390 e. The summed E-state index contributed by atoms with van der Waals surface area (Å²) in [6.07, 6.45) is -0.907. The fourth-order valence-corrected chi connectivity index (χ4v) is 2.81. The lowest BCUT2D eigenvalue weighted by atomic mass is 10.1. The van der Waals surface area contributed by atoms with Gasteiger partial charge in [-0.3, -0.25) is 0 Å². The van der Waals surface area contributed by atoms with Crippen molar-refractivity contribution in [2.24, 2.45) is 0 Å². The van der Waals surface area contributed by atoms with Crippen LogP contribution in [0.25, 0.3) is 11.3 Å². The SMILES string of the molecule is N#C[C@@H](c1nc(-c2ccc(Cl)cc2)cs1)[C@@H](O)CCl. The lowest BCUT2D eigenvalue weighted by molar-refractivity contribution is 0.184. The third kappa shape index (κ3) is 3.26. The van der Waals surface area contributed by atoms with Crippen molar-refractivity contribution in [2.45, 2.75) is 12.0 Å². The lowest BCUT2D eigenvalue weighted by Crippen LogP contribution is -2.18. The van der Waals surface area contributed by atoms with Gasteiger partial charge in [0.1, 0.15) is 10.9 Å². The molecule has 0 unspecified atom stereocenters. The zero-order valence-corrected chi connectivity index (χ0v) is 12.1. The summed E-state index contributed by atoms with van der Waals surface area (Å²) in [6, 6.07) is 9.32. The molecule has 0 radical (unpaired) electrons. The van der Waals surface area contributed by atoms with Gasteiger partial charge in [0.25, 0.3) is 0 Å². The molecule has 98 valence electrons. The van der Waals surface area contributed by atoms with E-state index in [2.05, 4.69) is 4.98 Å². The molecule has 1 aromatic heterocycles. The van der Waals surface area contributed by atoms with Crippen molar-refractivity contribution in [3.05, 3.63) is 39.7 Å². The molecule has 19 heavy (non-hydrogen) atoms. The Morgan fingerprint density at radius 2 is 2.05 bits per heavy atom. The van der Waals surface area contributed by atoms with Crippen LogP contribution in [-0.4, -0.2) is 22.1 Å². The Kier molecular flexibility index (Phi) is 4.78. The van der Waals surface area contributed by atoms with E-state index < -0.39 is 12.0 Å². The predicted octanol–water partition coefficient (Wildman–Crippen LogP) is 3.67. The second kappa shape index (κ2) is 6.36. The summed E-state index contributed by atoms with van der Waals surface area (Å²) < 4.78 is 0. The molecule has 0 fully saturated rings. The van der Waals surface area contributed by atoms with Crippen LogP contribution >= 0.6 is 34.5 Å². The highest BCUT2D eigenvalue weighted by Gasteiger charge is 2.23. The van der Waals surface area contributed by atoms with Gasteiger partial charge in [-0.15, -0.1) is 22.9 Å². The molecule has 2 aromatic rings. The van der Waals surface area contributed by atoms with E-state index in [0.29, 0.717) is 10.0 Å². The number of rotatable bonds is 4. The number of hydrogen-bond donors (Lipinski definition) is 1. The maximum absolute atomic E-state index is 9.68. The Labute approximate surface area is 125 Å². The average molecular weight is 313 g/mol. The molecule has 0 saturated heterocycles. The number of aliphatic hydroxyl groups excluding tert-OH is 1. The van der Waals surface area contributed by atoms with Gasteiger partial charge < -0.3 is 5.11 Å². The van der Waals surface area contributed by atoms with E-state index in [1.807, 2.05) is 23.6 Å². The van der Waals surface area contributed by atoms with Crippen molar-refractivity contribution < 1.29 is 5.11 Å². The van der Waals surface area contributed by atoms with Crippen molar-refractivity contribution in [1.29, 1.82) is 5.26 Å². The molecule has 0 saturated carbocycles. The molecule has 1 aromatic carbocycles. The maximum Gasteiger partial charge on any atom is 0.125 e. The molecule has 6 heteroatoms. The summed E-state index contributed by atoms with van der Waals surface area (Å²) in [6.45, 7) is 0. The number of nitrogens with zero attached hydrogens (tertiary/aromatic N) is 2. The Hall–Kier alpha value is -1.12. The Balaban J connectivity index is 2.28. The van der Waals surface area contributed by atoms with Crippen LogP contribution in [0.2, 0.25) is 5.02 Å². The van der Waals surface area contributed by atoms with Crippen LogP contribution in [0.15, 0.2) is 29.6 Å². The van der Waals surface area contributed by atoms with E-state index in [1.54, 1.807) is 12.1 Å². The van der Waals surface area contributed by atoms with Gasteiger partial charge in [0.15, 0.2) is 0 Å². The molecular weight excluding hydrogens is 303 g/mol. The Morgan fingerprint density at radius 1 is 1.37 bits per heavy atom. The number of nitriles is 1. The molecule has 2 rings (SSSR count). The predicted molar refractivity (Wildman–Crippen MR) is 77.6 cm³/mol. The highest BCUT2D eigenvalue weighted by Crippen LogP contribution is 2.29. The monoisotopic (exact) mass is 312 g/mol. The molecule has 1 heterocycles. The van der Waals surface area contributed by atoms with Gasteiger partial charge in [-0.25, -0.2) is 4.98 Å². The quantitative estimate of drug-likeness (QED) is 0.876. The van der Waals surface area contributed by atoms with Crippen LogP contribution in [0.1, 0.15) is 10.9 Å². The number of aromatic nitrogens is 1. The van der Waals surface area contributed by atoms with Crippen LogP contribution in [0.3, 0.4) is 0 Å². The van der Waals surface area contributed by atoms with Crippen molar-refractivity contribution in [3.63, 3.8) is 0 Å². The summed E-state index contributed by atoms with van der Waals surface area (Å²) >= 11 is 12.7. The zero-order valence-electron chi connectivity index (χ0n) is 9.75. The number of thiazole rings is 1. The van der Waals surface area contributed by atoms with E-state index in [1.165, 1.54) is 11.3 Å². The molecule has 2 atom stereocenters. The first-order valence-electron chi connectivity index (χ1n) is 5.50. The first-order chi connectivity index (χ1) is 9.15. The normalized spacial score (nSPS) is 13.8. The van der Waals surface area contributed by atoms with E-state index in [-0.39, 0.29) is 5.88 Å². The Bertz CT molecular complexity index is 591.